The number of nitrogens with zero attached hydrogens (tertiary/aromatic N) is 16. The molecule has 12 aromatic rings. The molecule has 16 nitrogen and oxygen atoms in total. The van der Waals surface area contributed by atoms with Crippen LogP contribution in [-0.4, -0.2) is 79.0 Å². The summed E-state index contributed by atoms with van der Waals surface area (Å²) in [7, 11) is 0. The maximum Gasteiger partial charge on any atom is 3.00 e. The van der Waals surface area contributed by atoms with Crippen LogP contribution in [0.1, 0.15) is 316 Å². The maximum absolute atomic E-state index is 4.94. The molecule has 0 aliphatic heterocycles. The Balaban J connectivity index is 0.000000216. The zero-order valence-electron chi connectivity index (χ0n) is 78.0. The van der Waals surface area contributed by atoms with E-state index in [1.54, 1.807) is 0 Å². The van der Waals surface area contributed by atoms with Crippen LogP contribution in [0.25, 0.3) is 68.8 Å². The van der Waals surface area contributed by atoms with Crippen molar-refractivity contribution < 1.29 is 33.6 Å². The van der Waals surface area contributed by atoms with Gasteiger partial charge in [-0.1, -0.05) is 249 Å². The summed E-state index contributed by atoms with van der Waals surface area (Å²) >= 11 is 0. The van der Waals surface area contributed by atoms with Gasteiger partial charge in [0.25, 0.3) is 0 Å². The first-order valence-electron chi connectivity index (χ1n) is 41.2. The fourth-order valence-electron chi connectivity index (χ4n) is 12.3. The van der Waals surface area contributed by atoms with Crippen LogP contribution in [0.15, 0.2) is 171 Å². The standard InChI is InChI=1S/4C25H34N4.2Co/c4*1-23(2,3)17-10-11-26-20(12-17)21-13-18(24(4,5)6)14-22(28-21)29-16-19(15-27-29)25(7,8)9;;/h4*10-16H,1-9H3;;/q;;;;+2;+3. The van der Waals surface area contributed by atoms with Crippen molar-refractivity contribution in [3.63, 3.8) is 0 Å². The van der Waals surface area contributed by atoms with Gasteiger partial charge in [-0.2, -0.15) is 20.4 Å². The van der Waals surface area contributed by atoms with Crippen molar-refractivity contribution >= 4 is 0 Å². The summed E-state index contributed by atoms with van der Waals surface area (Å²) in [5.74, 6) is 3.30. The normalized spacial score (nSPS) is 12.8. The van der Waals surface area contributed by atoms with Gasteiger partial charge in [0, 0.05) is 49.6 Å². The molecule has 0 fully saturated rings. The SMILES string of the molecule is CC(C)(C)c1ccnc(-c2cc(C(C)(C)C)cc(-n3cc(C(C)(C)C)cn3)n2)c1.CC(C)(C)c1ccnc(-c2cc(C(C)(C)C)cc(-n3cc(C(C)(C)C)cn3)n2)c1.CC(C)(C)c1ccnc(-c2cc(C(C)(C)C)cc(-n3cc(C(C)(C)C)cn3)n2)c1.CC(C)(C)c1ccnc(-c2cc(C(C)(C)C)cc(-n3cc(C(C)(C)C)cn3)n2)c1.[Co+2].[Co+3]. The van der Waals surface area contributed by atoms with Crippen LogP contribution in [0.5, 0.6) is 0 Å². The Hall–Kier alpha value is -8.95. The Kier molecular flexibility index (Phi) is 28.8. The molecule has 0 spiro atoms. The fourth-order valence-corrected chi connectivity index (χ4v) is 12.3. The predicted molar refractivity (Wildman–Crippen MR) is 483 cm³/mol. The molecule has 1 radical (unpaired) electrons. The fraction of sp³-hybridized carbons (Fsp3) is 0.480. The average Bonchev–Trinajstić information content (AvgIpc) is 1.75. The van der Waals surface area contributed by atoms with Crippen LogP contribution in [0, 0.1) is 0 Å². The van der Waals surface area contributed by atoms with Gasteiger partial charge in [-0.05, 0) is 229 Å². The molecule has 18 heteroatoms. The van der Waals surface area contributed by atoms with Gasteiger partial charge in [0.2, 0.25) is 0 Å². The van der Waals surface area contributed by atoms with E-state index < -0.39 is 0 Å². The van der Waals surface area contributed by atoms with Gasteiger partial charge in [-0.25, -0.2) is 38.7 Å². The number of pyridine rings is 8. The Labute approximate surface area is 728 Å². The number of hydrogen-bond acceptors (Lipinski definition) is 12. The van der Waals surface area contributed by atoms with Crippen LogP contribution in [0.2, 0.25) is 0 Å². The Morgan fingerprint density at radius 1 is 0.186 bits per heavy atom. The van der Waals surface area contributed by atoms with E-state index in [2.05, 4.69) is 411 Å². The van der Waals surface area contributed by atoms with Crippen LogP contribution in [0.3, 0.4) is 0 Å². The molecule has 0 aromatic carbocycles. The topological polar surface area (TPSA) is 174 Å². The second kappa shape index (κ2) is 35.4. The van der Waals surface area contributed by atoms with Crippen molar-refractivity contribution in [3.8, 4) is 68.8 Å². The van der Waals surface area contributed by atoms with E-state index in [0.29, 0.717) is 0 Å². The molecule has 0 saturated carbocycles. The third kappa shape index (κ3) is 25.1. The molecule has 118 heavy (non-hydrogen) atoms. The van der Waals surface area contributed by atoms with Gasteiger partial charge < -0.3 is 0 Å². The van der Waals surface area contributed by atoms with E-state index >= 15 is 0 Å². The van der Waals surface area contributed by atoms with Gasteiger partial charge >= 0.3 is 33.6 Å². The van der Waals surface area contributed by atoms with Crippen LogP contribution >= 0.6 is 0 Å². The minimum Gasteiger partial charge on any atom is -0.255 e. The molecule has 12 rings (SSSR count). The summed E-state index contributed by atoms with van der Waals surface area (Å²) in [6, 6.07) is 34.1. The van der Waals surface area contributed by atoms with Gasteiger partial charge in [-0.3, -0.25) is 19.9 Å². The minimum atomic E-state index is -0.00587. The first kappa shape index (κ1) is 96.2. The summed E-state index contributed by atoms with van der Waals surface area (Å²) in [6.45, 7) is 79.6. The third-order valence-corrected chi connectivity index (χ3v) is 21.0. The summed E-state index contributed by atoms with van der Waals surface area (Å²) in [5.41, 5.74) is 22.1. The van der Waals surface area contributed by atoms with Crippen molar-refractivity contribution in [1.29, 1.82) is 0 Å². The zero-order chi connectivity index (χ0) is 86.5. The third-order valence-electron chi connectivity index (χ3n) is 21.0. The summed E-state index contributed by atoms with van der Waals surface area (Å²) < 4.78 is 7.53. The van der Waals surface area contributed by atoms with Gasteiger partial charge in [0.05, 0.1) is 70.3 Å². The quantitative estimate of drug-likeness (QED) is 0.141. The van der Waals surface area contributed by atoms with E-state index in [1.807, 2.05) is 68.3 Å². The van der Waals surface area contributed by atoms with Crippen LogP contribution < -0.4 is 0 Å². The van der Waals surface area contributed by atoms with E-state index in [1.165, 1.54) is 66.8 Å². The summed E-state index contributed by atoms with van der Waals surface area (Å²) in [6.07, 6.45) is 23.6. The second-order valence-corrected chi connectivity index (χ2v) is 43.8. The van der Waals surface area contributed by atoms with Crippen molar-refractivity contribution in [1.82, 2.24) is 79.0 Å². The molecular weight excluding hydrogens is 1540 g/mol. The van der Waals surface area contributed by atoms with Crippen molar-refractivity contribution in [2.24, 2.45) is 0 Å². The molecule has 0 N–H and O–H groups in total. The monoisotopic (exact) mass is 1680 g/mol. The van der Waals surface area contributed by atoms with Crippen molar-refractivity contribution in [2.45, 2.75) is 314 Å². The summed E-state index contributed by atoms with van der Waals surface area (Å²) in [5, 5.41) is 18.4. The largest absolute Gasteiger partial charge is 3.00 e. The van der Waals surface area contributed by atoms with Gasteiger partial charge in [0.1, 0.15) is 0 Å². The van der Waals surface area contributed by atoms with E-state index in [-0.39, 0.29) is 98.5 Å². The first-order valence-corrected chi connectivity index (χ1v) is 41.2. The van der Waals surface area contributed by atoms with E-state index in [4.69, 9.17) is 19.9 Å². The number of aromatic nitrogens is 16. The van der Waals surface area contributed by atoms with E-state index in [0.717, 1.165) is 68.8 Å². The molecule has 0 saturated heterocycles. The van der Waals surface area contributed by atoms with Crippen molar-refractivity contribution in [2.75, 3.05) is 0 Å². The predicted octanol–water partition coefficient (Wildman–Crippen LogP) is 24.9. The smallest absolute Gasteiger partial charge is 0.255 e. The molecule has 0 atom stereocenters. The molecular formula is C100H136Co2N16+5. The van der Waals surface area contributed by atoms with Gasteiger partial charge in [-0.15, -0.1) is 0 Å². The Morgan fingerprint density at radius 3 is 0.466 bits per heavy atom. The minimum absolute atomic E-state index is 0. The number of hydrogen-bond donors (Lipinski definition) is 0. The van der Waals surface area contributed by atoms with Crippen molar-refractivity contribution in [3.05, 3.63) is 238 Å². The van der Waals surface area contributed by atoms with Gasteiger partial charge in [0.15, 0.2) is 23.3 Å². The maximum atomic E-state index is 4.94. The molecule has 12 heterocycles. The Morgan fingerprint density at radius 2 is 0.331 bits per heavy atom. The second-order valence-electron chi connectivity index (χ2n) is 43.8. The molecule has 12 aromatic heterocycles. The molecule has 0 unspecified atom stereocenters. The average molecular weight is 1680 g/mol. The Bertz CT molecular complexity index is 4720. The molecule has 0 amide bonds. The first-order chi connectivity index (χ1) is 53.0. The molecule has 0 aliphatic carbocycles. The van der Waals surface area contributed by atoms with E-state index in [9.17, 15) is 0 Å². The zero-order valence-corrected chi connectivity index (χ0v) is 80.1. The molecule has 0 aliphatic rings. The molecule has 0 bridgehead atoms. The van der Waals surface area contributed by atoms with Crippen LogP contribution in [-0.2, 0) is 98.5 Å². The summed E-state index contributed by atoms with van der Waals surface area (Å²) in [4.78, 5) is 38.3. The number of rotatable bonds is 8. The van der Waals surface area contributed by atoms with Crippen LogP contribution in [0.4, 0.5) is 0 Å². The molecule has 629 valence electrons.